The molecule has 0 nitrogen and oxygen atoms in total. The Balaban J connectivity index is 2.95. The topological polar surface area (TPSA) is 0 Å². The molecule has 0 radical (unpaired) electrons. The van der Waals surface area contributed by atoms with E-state index in [1.54, 1.807) is 0 Å². The van der Waals surface area contributed by atoms with Gasteiger partial charge in [0.15, 0.2) is 0 Å². The summed E-state index contributed by atoms with van der Waals surface area (Å²) in [6.45, 7) is 21.8. The predicted octanol–water partition coefficient (Wildman–Crippen LogP) is 6.06. The van der Waals surface area contributed by atoms with Crippen molar-refractivity contribution >= 4 is 0 Å². The molecular formula is C18H30. The van der Waals surface area contributed by atoms with E-state index in [1.807, 2.05) is 0 Å². The van der Waals surface area contributed by atoms with Gasteiger partial charge in [-0.25, -0.2) is 0 Å². The van der Waals surface area contributed by atoms with Crippen molar-refractivity contribution in [1.82, 2.24) is 0 Å². The van der Waals surface area contributed by atoms with Gasteiger partial charge in [0.1, 0.15) is 0 Å². The molecule has 0 saturated heterocycles. The third-order valence-corrected chi connectivity index (χ3v) is 5.40. The molecular weight excluding hydrogens is 216 g/mol. The van der Waals surface area contributed by atoms with Crippen molar-refractivity contribution in [2.75, 3.05) is 0 Å². The maximum Gasteiger partial charge on any atom is -0.00282 e. The first-order valence-corrected chi connectivity index (χ1v) is 7.22. The molecule has 1 fully saturated rings. The van der Waals surface area contributed by atoms with Crippen LogP contribution in [0.15, 0.2) is 36.5 Å². The van der Waals surface area contributed by atoms with Gasteiger partial charge >= 0.3 is 0 Å². The van der Waals surface area contributed by atoms with Crippen LogP contribution < -0.4 is 0 Å². The minimum Gasteiger partial charge on any atom is -0.100 e. The van der Waals surface area contributed by atoms with Gasteiger partial charge in [-0.1, -0.05) is 56.6 Å². The summed E-state index contributed by atoms with van der Waals surface area (Å²) in [5.74, 6) is 0. The molecule has 0 N–H and O–H groups in total. The lowest BCUT2D eigenvalue weighted by Gasteiger charge is -2.52. The molecule has 0 aromatic heterocycles. The van der Waals surface area contributed by atoms with Crippen LogP contribution in [0.5, 0.6) is 0 Å². The van der Waals surface area contributed by atoms with E-state index in [0.717, 1.165) is 12.8 Å². The van der Waals surface area contributed by atoms with Gasteiger partial charge in [0.2, 0.25) is 0 Å². The van der Waals surface area contributed by atoms with Crippen LogP contribution in [0.25, 0.3) is 0 Å². The zero-order valence-electron chi connectivity index (χ0n) is 12.9. The van der Waals surface area contributed by atoms with Crippen molar-refractivity contribution in [1.29, 1.82) is 0 Å². The van der Waals surface area contributed by atoms with E-state index < -0.39 is 0 Å². The molecule has 0 amide bonds. The molecule has 0 unspecified atom stereocenters. The fraction of sp³-hybridized carbons (Fsp3) is 0.667. The van der Waals surface area contributed by atoms with Crippen molar-refractivity contribution in [3.63, 3.8) is 0 Å². The fourth-order valence-corrected chi connectivity index (χ4v) is 3.40. The van der Waals surface area contributed by atoms with Crippen LogP contribution >= 0.6 is 0 Å². The van der Waals surface area contributed by atoms with Gasteiger partial charge < -0.3 is 0 Å². The van der Waals surface area contributed by atoms with Crippen LogP contribution in [0, 0.1) is 10.8 Å². The first kappa shape index (κ1) is 15.3. The van der Waals surface area contributed by atoms with E-state index in [2.05, 4.69) is 47.4 Å². The first-order valence-electron chi connectivity index (χ1n) is 7.22. The molecule has 0 heteroatoms. The average Bonchev–Trinajstić information content (AvgIpc) is 2.29. The van der Waals surface area contributed by atoms with Crippen molar-refractivity contribution in [3.8, 4) is 0 Å². The maximum absolute atomic E-state index is 4.42. The normalized spacial score (nSPS) is 32.0. The first-order chi connectivity index (χ1) is 8.24. The van der Waals surface area contributed by atoms with Crippen LogP contribution in [0.3, 0.4) is 0 Å². The molecule has 0 bridgehead atoms. The molecule has 0 heterocycles. The second-order valence-electron chi connectivity index (χ2n) is 6.71. The van der Waals surface area contributed by atoms with Crippen LogP contribution in [0.1, 0.15) is 66.2 Å². The van der Waals surface area contributed by atoms with E-state index in [0.29, 0.717) is 0 Å². The van der Waals surface area contributed by atoms with Crippen LogP contribution in [-0.4, -0.2) is 0 Å². The Morgan fingerprint density at radius 3 is 1.83 bits per heavy atom. The van der Waals surface area contributed by atoms with Crippen molar-refractivity contribution in [2.24, 2.45) is 10.8 Å². The van der Waals surface area contributed by atoms with Gasteiger partial charge in [-0.3, -0.25) is 0 Å². The molecule has 1 saturated carbocycles. The lowest BCUT2D eigenvalue weighted by Crippen LogP contribution is -2.42. The molecule has 18 heavy (non-hydrogen) atoms. The second kappa shape index (κ2) is 5.47. The zero-order valence-corrected chi connectivity index (χ0v) is 12.9. The summed E-state index contributed by atoms with van der Waals surface area (Å²) in [7, 11) is 0. The van der Waals surface area contributed by atoms with E-state index in [-0.39, 0.29) is 10.8 Å². The Kier molecular flexibility index (Phi) is 4.64. The van der Waals surface area contributed by atoms with Crippen LogP contribution in [-0.2, 0) is 0 Å². The van der Waals surface area contributed by atoms with Crippen molar-refractivity contribution in [2.45, 2.75) is 66.2 Å². The van der Waals surface area contributed by atoms with E-state index in [1.165, 1.54) is 42.4 Å². The highest BCUT2D eigenvalue weighted by Gasteiger charge is 2.47. The highest BCUT2D eigenvalue weighted by Crippen LogP contribution is 2.58. The zero-order chi connectivity index (χ0) is 14.0. The van der Waals surface area contributed by atoms with Crippen LogP contribution in [0.4, 0.5) is 0 Å². The Bertz CT molecular complexity index is 360. The standard InChI is InChI=1S/C18H30/c1-14(2)10-11-16(5)18(7)13-9-8-12-17(18,6)15(3)4/h1,3,5,8-13H2,2,4,6-7H3/t17-,18+/m0/s1. The van der Waals surface area contributed by atoms with Gasteiger partial charge in [-0.05, 0) is 50.4 Å². The van der Waals surface area contributed by atoms with Gasteiger partial charge in [-0.2, -0.15) is 0 Å². The summed E-state index contributed by atoms with van der Waals surface area (Å²) in [6.07, 6.45) is 7.31. The molecule has 0 aromatic rings. The van der Waals surface area contributed by atoms with Crippen LogP contribution in [0.2, 0.25) is 0 Å². The van der Waals surface area contributed by atoms with Gasteiger partial charge in [0.25, 0.3) is 0 Å². The average molecular weight is 246 g/mol. The highest BCUT2D eigenvalue weighted by molar-refractivity contribution is 5.25. The number of hydrogen-bond acceptors (Lipinski definition) is 0. The van der Waals surface area contributed by atoms with E-state index in [9.17, 15) is 0 Å². The lowest BCUT2D eigenvalue weighted by molar-refractivity contribution is 0.0840. The Morgan fingerprint density at radius 2 is 1.39 bits per heavy atom. The van der Waals surface area contributed by atoms with Gasteiger partial charge in [0, 0.05) is 0 Å². The minimum atomic E-state index is 0.215. The Morgan fingerprint density at radius 1 is 0.889 bits per heavy atom. The highest BCUT2D eigenvalue weighted by atomic mass is 14.5. The van der Waals surface area contributed by atoms with E-state index in [4.69, 9.17) is 0 Å². The molecule has 0 spiro atoms. The summed E-state index contributed by atoms with van der Waals surface area (Å²) in [4.78, 5) is 0. The molecule has 0 aromatic carbocycles. The third kappa shape index (κ3) is 2.63. The molecule has 1 rings (SSSR count). The summed E-state index contributed by atoms with van der Waals surface area (Å²) in [5.41, 5.74) is 4.41. The number of rotatable bonds is 5. The quantitative estimate of drug-likeness (QED) is 0.517. The smallest absolute Gasteiger partial charge is 0.00282 e. The number of hydrogen-bond donors (Lipinski definition) is 0. The third-order valence-electron chi connectivity index (χ3n) is 5.40. The molecule has 1 aliphatic rings. The minimum absolute atomic E-state index is 0.215. The summed E-state index contributed by atoms with van der Waals surface area (Å²) in [6, 6.07) is 0. The second-order valence-corrected chi connectivity index (χ2v) is 6.71. The van der Waals surface area contributed by atoms with Crippen molar-refractivity contribution < 1.29 is 0 Å². The lowest BCUT2D eigenvalue weighted by atomic mass is 9.52. The molecule has 2 atom stereocenters. The molecule has 0 aliphatic heterocycles. The predicted molar refractivity (Wildman–Crippen MR) is 82.7 cm³/mol. The SMILES string of the molecule is C=C(C)CCC(=C)[C@@]1(C)CCCC[C@@]1(C)C(=C)C. The summed E-state index contributed by atoms with van der Waals surface area (Å²) < 4.78 is 0. The largest absolute Gasteiger partial charge is 0.100 e. The van der Waals surface area contributed by atoms with E-state index >= 15 is 0 Å². The van der Waals surface area contributed by atoms with Gasteiger partial charge in [-0.15, -0.1) is 6.58 Å². The number of allylic oxidation sites excluding steroid dienone is 3. The monoisotopic (exact) mass is 246 g/mol. The summed E-state index contributed by atoms with van der Waals surface area (Å²) >= 11 is 0. The summed E-state index contributed by atoms with van der Waals surface area (Å²) in [5, 5.41) is 0. The van der Waals surface area contributed by atoms with Crippen molar-refractivity contribution in [3.05, 3.63) is 36.5 Å². The fourth-order valence-electron chi connectivity index (χ4n) is 3.40. The Labute approximate surface area is 114 Å². The molecule has 102 valence electrons. The maximum atomic E-state index is 4.42. The Hall–Kier alpha value is -0.780. The molecule has 1 aliphatic carbocycles. The van der Waals surface area contributed by atoms with Gasteiger partial charge in [0.05, 0.1) is 0 Å².